The molecule has 0 amide bonds. The van der Waals surface area contributed by atoms with Crippen LogP contribution in [0.1, 0.15) is 65.1 Å². The lowest BCUT2D eigenvalue weighted by atomic mass is 9.91. The summed E-state index contributed by atoms with van der Waals surface area (Å²) >= 11 is 0. The average Bonchev–Trinajstić information content (AvgIpc) is 2.84. The summed E-state index contributed by atoms with van der Waals surface area (Å²) in [7, 11) is 0. The number of aromatic nitrogens is 2. The fraction of sp³-hybridized carbons (Fsp3) is 0.846. The zero-order valence-electron chi connectivity index (χ0n) is 11.3. The van der Waals surface area contributed by atoms with Gasteiger partial charge in [0.15, 0.2) is 5.82 Å². The number of nitrogens with zero attached hydrogens (tertiary/aromatic N) is 2. The molecule has 0 aromatic carbocycles. The van der Waals surface area contributed by atoms with Crippen LogP contribution in [0.2, 0.25) is 0 Å². The topological polar surface area (TPSA) is 51.0 Å². The molecule has 0 bridgehead atoms. The Kier molecular flexibility index (Phi) is 3.25. The Balaban J connectivity index is 2.28. The Labute approximate surface area is 103 Å². The number of hydrogen-bond donors (Lipinski definition) is 1. The van der Waals surface area contributed by atoms with E-state index in [-0.39, 0.29) is 11.0 Å². The van der Waals surface area contributed by atoms with Gasteiger partial charge < -0.3 is 9.84 Å². The predicted molar refractivity (Wildman–Crippen MR) is 66.8 cm³/mol. The monoisotopic (exact) mass is 237 g/mol. The largest absolute Gasteiger partial charge is 0.337 e. The molecule has 1 unspecified atom stereocenters. The van der Waals surface area contributed by atoms with E-state index in [9.17, 15) is 0 Å². The third kappa shape index (κ3) is 2.37. The first-order valence-electron chi connectivity index (χ1n) is 6.58. The van der Waals surface area contributed by atoms with Gasteiger partial charge in [-0.1, -0.05) is 39.3 Å². The maximum Gasteiger partial charge on any atom is 0.246 e. The van der Waals surface area contributed by atoms with Gasteiger partial charge in [-0.15, -0.1) is 0 Å². The summed E-state index contributed by atoms with van der Waals surface area (Å²) in [5.41, 5.74) is -0.112. The molecule has 17 heavy (non-hydrogen) atoms. The van der Waals surface area contributed by atoms with Crippen LogP contribution in [0.25, 0.3) is 0 Å². The maximum absolute atomic E-state index is 5.51. The van der Waals surface area contributed by atoms with Crippen LogP contribution in [0.5, 0.6) is 0 Å². The molecule has 1 N–H and O–H groups in total. The minimum atomic E-state index is -0.0642. The normalized spacial score (nSPS) is 25.4. The van der Waals surface area contributed by atoms with Crippen molar-refractivity contribution in [1.82, 2.24) is 15.5 Å². The summed E-state index contributed by atoms with van der Waals surface area (Å²) in [5, 5.41) is 7.69. The summed E-state index contributed by atoms with van der Waals surface area (Å²) in [5.74, 6) is 1.58. The lowest BCUT2D eigenvalue weighted by Gasteiger charge is -2.24. The Morgan fingerprint density at radius 2 is 2.18 bits per heavy atom. The van der Waals surface area contributed by atoms with Crippen LogP contribution in [-0.2, 0) is 11.0 Å². The van der Waals surface area contributed by atoms with Crippen LogP contribution in [-0.4, -0.2) is 16.7 Å². The van der Waals surface area contributed by atoms with E-state index in [0.717, 1.165) is 37.5 Å². The highest BCUT2D eigenvalue weighted by Gasteiger charge is 2.40. The molecule has 1 aromatic heterocycles. The maximum atomic E-state index is 5.51. The van der Waals surface area contributed by atoms with Crippen LogP contribution in [0.3, 0.4) is 0 Å². The van der Waals surface area contributed by atoms with Gasteiger partial charge in [0.25, 0.3) is 0 Å². The van der Waals surface area contributed by atoms with Crippen molar-refractivity contribution in [1.29, 1.82) is 0 Å². The molecule has 2 heterocycles. The average molecular weight is 237 g/mol. The van der Waals surface area contributed by atoms with E-state index in [1.54, 1.807) is 0 Å². The quantitative estimate of drug-likeness (QED) is 0.878. The third-order valence-corrected chi connectivity index (χ3v) is 3.43. The highest BCUT2D eigenvalue weighted by Crippen LogP contribution is 2.35. The zero-order chi connectivity index (χ0) is 12.5. The molecular formula is C13H23N3O. The first-order chi connectivity index (χ1) is 7.98. The summed E-state index contributed by atoms with van der Waals surface area (Å²) in [6, 6.07) is 0. The molecule has 4 heteroatoms. The minimum Gasteiger partial charge on any atom is -0.337 e. The first-order valence-corrected chi connectivity index (χ1v) is 6.58. The molecule has 1 atom stereocenters. The molecule has 96 valence electrons. The van der Waals surface area contributed by atoms with Crippen molar-refractivity contribution in [2.24, 2.45) is 0 Å². The summed E-state index contributed by atoms with van der Waals surface area (Å²) in [6.07, 6.45) is 4.48. The molecule has 1 aliphatic heterocycles. The Bertz CT molecular complexity index is 372. The molecule has 0 radical (unpaired) electrons. The summed E-state index contributed by atoms with van der Waals surface area (Å²) in [4.78, 5) is 4.61. The molecule has 0 aliphatic carbocycles. The first kappa shape index (κ1) is 12.6. The van der Waals surface area contributed by atoms with E-state index >= 15 is 0 Å². The lowest BCUT2D eigenvalue weighted by Crippen LogP contribution is -2.37. The molecule has 4 nitrogen and oxygen atoms in total. The molecule has 1 aliphatic rings. The van der Waals surface area contributed by atoms with Gasteiger partial charge in [-0.2, -0.15) is 4.98 Å². The summed E-state index contributed by atoms with van der Waals surface area (Å²) in [6.45, 7) is 9.57. The fourth-order valence-electron chi connectivity index (χ4n) is 2.46. The number of hydrogen-bond acceptors (Lipinski definition) is 4. The highest BCUT2D eigenvalue weighted by molar-refractivity contribution is 5.09. The van der Waals surface area contributed by atoms with Gasteiger partial charge in [0.1, 0.15) is 0 Å². The van der Waals surface area contributed by atoms with Crippen molar-refractivity contribution in [3.05, 3.63) is 11.7 Å². The molecule has 0 spiro atoms. The van der Waals surface area contributed by atoms with Crippen LogP contribution in [0, 0.1) is 0 Å². The van der Waals surface area contributed by atoms with Gasteiger partial charge in [0.05, 0.1) is 5.54 Å². The van der Waals surface area contributed by atoms with Crippen molar-refractivity contribution in [3.8, 4) is 0 Å². The van der Waals surface area contributed by atoms with E-state index < -0.39 is 0 Å². The van der Waals surface area contributed by atoms with E-state index in [2.05, 4.69) is 43.2 Å². The van der Waals surface area contributed by atoms with Crippen molar-refractivity contribution in [3.63, 3.8) is 0 Å². The van der Waals surface area contributed by atoms with E-state index in [1.165, 1.54) is 6.42 Å². The molecule has 1 saturated heterocycles. The van der Waals surface area contributed by atoms with Gasteiger partial charge in [-0.3, -0.25) is 0 Å². The smallest absolute Gasteiger partial charge is 0.246 e. The highest BCUT2D eigenvalue weighted by atomic mass is 16.5. The van der Waals surface area contributed by atoms with Gasteiger partial charge >= 0.3 is 0 Å². The van der Waals surface area contributed by atoms with Gasteiger partial charge in [0.2, 0.25) is 5.89 Å². The van der Waals surface area contributed by atoms with Gasteiger partial charge in [0, 0.05) is 5.41 Å². The standard InChI is InChI=1S/C13H23N3O/c1-5-7-13(8-6-9-14-13)11-15-10(16-17-11)12(2,3)4/h14H,5-9H2,1-4H3. The minimum absolute atomic E-state index is 0.0479. The second-order valence-corrected chi connectivity index (χ2v) is 6.04. The Morgan fingerprint density at radius 3 is 2.65 bits per heavy atom. The number of rotatable bonds is 3. The van der Waals surface area contributed by atoms with Crippen molar-refractivity contribution < 1.29 is 4.52 Å². The van der Waals surface area contributed by atoms with E-state index in [0.29, 0.717) is 0 Å². The van der Waals surface area contributed by atoms with Crippen molar-refractivity contribution in [2.75, 3.05) is 6.54 Å². The van der Waals surface area contributed by atoms with Crippen molar-refractivity contribution in [2.45, 2.75) is 64.3 Å². The zero-order valence-corrected chi connectivity index (χ0v) is 11.3. The lowest BCUT2D eigenvalue weighted by molar-refractivity contribution is 0.240. The second-order valence-electron chi connectivity index (χ2n) is 6.04. The molecular weight excluding hydrogens is 214 g/mol. The predicted octanol–water partition coefficient (Wildman–Crippen LogP) is 2.75. The van der Waals surface area contributed by atoms with Crippen LogP contribution in [0.4, 0.5) is 0 Å². The van der Waals surface area contributed by atoms with Crippen LogP contribution >= 0.6 is 0 Å². The molecule has 0 saturated carbocycles. The fourth-order valence-corrected chi connectivity index (χ4v) is 2.46. The van der Waals surface area contributed by atoms with E-state index in [1.807, 2.05) is 0 Å². The van der Waals surface area contributed by atoms with Crippen molar-refractivity contribution >= 4 is 0 Å². The van der Waals surface area contributed by atoms with Crippen LogP contribution in [0.15, 0.2) is 4.52 Å². The number of nitrogens with one attached hydrogen (secondary N) is 1. The van der Waals surface area contributed by atoms with Gasteiger partial charge in [-0.05, 0) is 25.8 Å². The third-order valence-electron chi connectivity index (χ3n) is 3.43. The Hall–Kier alpha value is -0.900. The SMILES string of the molecule is CCCC1(c2nc(C(C)(C)C)no2)CCCN1. The molecule has 2 rings (SSSR count). The van der Waals surface area contributed by atoms with Crippen LogP contribution < -0.4 is 5.32 Å². The van der Waals surface area contributed by atoms with Gasteiger partial charge in [-0.25, -0.2) is 0 Å². The second kappa shape index (κ2) is 4.41. The molecule has 1 fully saturated rings. The Morgan fingerprint density at radius 1 is 1.41 bits per heavy atom. The van der Waals surface area contributed by atoms with E-state index in [4.69, 9.17) is 4.52 Å². The summed E-state index contributed by atoms with van der Waals surface area (Å²) < 4.78 is 5.51. The molecule has 1 aromatic rings.